The lowest BCUT2D eigenvalue weighted by Gasteiger charge is -2.28. The van der Waals surface area contributed by atoms with Crippen LogP contribution in [0, 0.1) is 0 Å². The zero-order chi connectivity index (χ0) is 15.4. The smallest absolute Gasteiger partial charge is 0.251 e. The van der Waals surface area contributed by atoms with E-state index in [0.29, 0.717) is 5.56 Å². The highest BCUT2D eigenvalue weighted by Crippen LogP contribution is 2.19. The van der Waals surface area contributed by atoms with Crippen molar-refractivity contribution in [3.8, 4) is 0 Å². The van der Waals surface area contributed by atoms with Crippen molar-refractivity contribution >= 4 is 16.7 Å². The Labute approximate surface area is 128 Å². The Morgan fingerprint density at radius 2 is 1.86 bits per heavy atom. The van der Waals surface area contributed by atoms with Gasteiger partial charge in [-0.1, -0.05) is 26.7 Å². The van der Waals surface area contributed by atoms with Crippen molar-refractivity contribution in [2.24, 2.45) is 0 Å². The van der Waals surface area contributed by atoms with Crippen LogP contribution in [0.25, 0.3) is 0 Å². The van der Waals surface area contributed by atoms with E-state index in [-0.39, 0.29) is 17.2 Å². The molecule has 2 N–H and O–H groups in total. The summed E-state index contributed by atoms with van der Waals surface area (Å²) in [4.78, 5) is 12.9. The highest BCUT2D eigenvalue weighted by molar-refractivity contribution is 7.85. The van der Waals surface area contributed by atoms with Gasteiger partial charge < -0.3 is 10.4 Å². The predicted molar refractivity (Wildman–Crippen MR) is 83.7 cm³/mol. The molecule has 0 bridgehead atoms. The molecule has 1 aliphatic rings. The van der Waals surface area contributed by atoms with E-state index in [1.54, 1.807) is 24.3 Å². The summed E-state index contributed by atoms with van der Waals surface area (Å²) in [5, 5.41) is 12.8. The van der Waals surface area contributed by atoms with Crippen LogP contribution in [0.3, 0.4) is 0 Å². The molecule has 2 rings (SSSR count). The number of carbonyl (C=O) groups excluding carboxylic acids is 1. The quantitative estimate of drug-likeness (QED) is 0.896. The van der Waals surface area contributed by atoms with Crippen molar-refractivity contribution in [2.45, 2.75) is 61.8 Å². The molecule has 0 spiro atoms. The van der Waals surface area contributed by atoms with Crippen LogP contribution in [0.15, 0.2) is 29.2 Å². The molecule has 116 valence electrons. The van der Waals surface area contributed by atoms with E-state index in [1.807, 2.05) is 13.8 Å². The van der Waals surface area contributed by atoms with Crippen LogP contribution in [0.1, 0.15) is 49.9 Å². The first-order valence-electron chi connectivity index (χ1n) is 7.48. The second kappa shape index (κ2) is 7.18. The Kier molecular flexibility index (Phi) is 5.53. The van der Waals surface area contributed by atoms with Gasteiger partial charge >= 0.3 is 0 Å². The summed E-state index contributed by atoms with van der Waals surface area (Å²) >= 11 is 0. The molecule has 3 atom stereocenters. The van der Waals surface area contributed by atoms with Gasteiger partial charge in [-0.25, -0.2) is 0 Å². The molecule has 21 heavy (non-hydrogen) atoms. The number of hydrogen-bond donors (Lipinski definition) is 2. The first-order chi connectivity index (χ1) is 9.99. The van der Waals surface area contributed by atoms with Gasteiger partial charge in [-0.15, -0.1) is 0 Å². The van der Waals surface area contributed by atoms with Crippen LogP contribution in [0.2, 0.25) is 0 Å². The third-order valence-corrected chi connectivity index (χ3v) is 5.42. The maximum atomic E-state index is 12.2. The lowest BCUT2D eigenvalue weighted by Crippen LogP contribution is -2.45. The molecule has 5 heteroatoms. The van der Waals surface area contributed by atoms with Crippen molar-refractivity contribution in [1.82, 2.24) is 5.32 Å². The van der Waals surface area contributed by atoms with Crippen LogP contribution >= 0.6 is 0 Å². The Bertz CT molecular complexity index is 513. The van der Waals surface area contributed by atoms with Crippen molar-refractivity contribution in [3.63, 3.8) is 0 Å². The summed E-state index contributed by atoms with van der Waals surface area (Å²) in [5.41, 5.74) is 0.539. The molecule has 3 unspecified atom stereocenters. The zero-order valence-electron chi connectivity index (χ0n) is 12.5. The van der Waals surface area contributed by atoms with Crippen molar-refractivity contribution in [3.05, 3.63) is 29.8 Å². The maximum absolute atomic E-state index is 12.2. The number of amides is 1. The van der Waals surface area contributed by atoms with Crippen LogP contribution in [-0.4, -0.2) is 32.6 Å². The fraction of sp³-hybridized carbons (Fsp3) is 0.562. The van der Waals surface area contributed by atoms with E-state index in [1.165, 1.54) is 0 Å². The number of benzene rings is 1. The lowest BCUT2D eigenvalue weighted by atomic mass is 9.92. The molecule has 1 saturated carbocycles. The summed E-state index contributed by atoms with van der Waals surface area (Å²) in [6, 6.07) is 6.71. The Morgan fingerprint density at radius 3 is 2.43 bits per heavy atom. The van der Waals surface area contributed by atoms with Crippen LogP contribution < -0.4 is 5.32 Å². The summed E-state index contributed by atoms with van der Waals surface area (Å²) in [5.74, 6) is -0.178. The highest BCUT2D eigenvalue weighted by atomic mass is 32.2. The van der Waals surface area contributed by atoms with E-state index in [2.05, 4.69) is 5.32 Å². The van der Waals surface area contributed by atoms with Gasteiger partial charge in [0, 0.05) is 15.7 Å². The van der Waals surface area contributed by atoms with E-state index in [9.17, 15) is 14.1 Å². The fourth-order valence-electron chi connectivity index (χ4n) is 2.54. The molecule has 0 aromatic heterocycles. The SMILES string of the molecule is CC(C)S(=O)c1ccc(C(=O)NC2CCCCC2O)cc1. The van der Waals surface area contributed by atoms with Crippen molar-refractivity contribution in [2.75, 3.05) is 0 Å². The predicted octanol–water partition coefficient (Wildman–Crippen LogP) is 2.24. The van der Waals surface area contributed by atoms with Gasteiger partial charge in [0.2, 0.25) is 0 Å². The summed E-state index contributed by atoms with van der Waals surface area (Å²) in [6.45, 7) is 3.81. The second-order valence-corrected chi connectivity index (χ2v) is 7.81. The van der Waals surface area contributed by atoms with Crippen molar-refractivity contribution in [1.29, 1.82) is 0 Å². The topological polar surface area (TPSA) is 66.4 Å². The summed E-state index contributed by atoms with van der Waals surface area (Å²) in [7, 11) is -1.04. The average molecular weight is 309 g/mol. The van der Waals surface area contributed by atoms with Gasteiger partial charge in [0.15, 0.2) is 0 Å². The van der Waals surface area contributed by atoms with E-state index in [0.717, 1.165) is 30.6 Å². The normalized spacial score (nSPS) is 23.8. The molecule has 0 saturated heterocycles. The Morgan fingerprint density at radius 1 is 1.24 bits per heavy atom. The molecule has 1 aliphatic carbocycles. The molecule has 1 fully saturated rings. The third kappa shape index (κ3) is 4.14. The minimum Gasteiger partial charge on any atom is -0.391 e. The number of nitrogens with one attached hydrogen (secondary N) is 1. The zero-order valence-corrected chi connectivity index (χ0v) is 13.4. The van der Waals surface area contributed by atoms with E-state index in [4.69, 9.17) is 0 Å². The monoisotopic (exact) mass is 309 g/mol. The standard InChI is InChI=1S/C16H23NO3S/c1-11(2)21(20)13-9-7-12(8-10-13)16(19)17-14-5-3-4-6-15(14)18/h7-11,14-15,18H,3-6H2,1-2H3,(H,17,19). The minimum atomic E-state index is -1.04. The van der Waals surface area contributed by atoms with E-state index < -0.39 is 16.9 Å². The van der Waals surface area contributed by atoms with Gasteiger partial charge in [0.05, 0.1) is 22.9 Å². The summed E-state index contributed by atoms with van der Waals surface area (Å²) < 4.78 is 12.0. The number of carbonyl (C=O) groups is 1. The first-order valence-corrected chi connectivity index (χ1v) is 8.70. The molecule has 4 nitrogen and oxygen atoms in total. The van der Waals surface area contributed by atoms with Gasteiger partial charge in [0.25, 0.3) is 5.91 Å². The molecular formula is C16H23NO3S. The Balaban J connectivity index is 2.01. The molecule has 1 aromatic carbocycles. The van der Waals surface area contributed by atoms with Crippen LogP contribution in [0.4, 0.5) is 0 Å². The molecule has 0 aliphatic heterocycles. The summed E-state index contributed by atoms with van der Waals surface area (Å²) in [6.07, 6.45) is 3.17. The number of aliphatic hydroxyl groups excluding tert-OH is 1. The average Bonchev–Trinajstić information content (AvgIpc) is 2.49. The Hall–Kier alpha value is -1.20. The number of aliphatic hydroxyl groups is 1. The third-order valence-electron chi connectivity index (χ3n) is 3.82. The molecule has 0 heterocycles. The highest BCUT2D eigenvalue weighted by Gasteiger charge is 2.24. The van der Waals surface area contributed by atoms with E-state index >= 15 is 0 Å². The van der Waals surface area contributed by atoms with Crippen molar-refractivity contribution < 1.29 is 14.1 Å². The maximum Gasteiger partial charge on any atom is 0.251 e. The van der Waals surface area contributed by atoms with Crippen LogP contribution in [0.5, 0.6) is 0 Å². The lowest BCUT2D eigenvalue weighted by molar-refractivity contribution is 0.0717. The molecule has 0 radical (unpaired) electrons. The van der Waals surface area contributed by atoms with Gasteiger partial charge in [0.1, 0.15) is 0 Å². The number of hydrogen-bond acceptors (Lipinski definition) is 3. The molecular weight excluding hydrogens is 286 g/mol. The number of rotatable bonds is 4. The fourth-order valence-corrected chi connectivity index (χ4v) is 3.49. The second-order valence-electron chi connectivity index (χ2n) is 5.80. The minimum absolute atomic E-state index is 0.0575. The largest absolute Gasteiger partial charge is 0.391 e. The van der Waals surface area contributed by atoms with Gasteiger partial charge in [-0.3, -0.25) is 9.00 Å². The van der Waals surface area contributed by atoms with Gasteiger partial charge in [-0.05, 0) is 37.1 Å². The first kappa shape index (κ1) is 16.2. The molecule has 1 aromatic rings. The van der Waals surface area contributed by atoms with Gasteiger partial charge in [-0.2, -0.15) is 0 Å². The molecule has 1 amide bonds. The van der Waals surface area contributed by atoms with Crippen LogP contribution in [-0.2, 0) is 10.8 Å².